The standard InChI is InChI=1S/C28H42INO6Si2/c1-18(2)37(19(3)4)33-17-25-24(35-38(36-37,20(5)6)21(7)8)16-26(34-25)30-15-14-23(31)27(28(30)32)29-22-12-10-9-11-13-22/h9-15,18-21,24-26H,16-17H2,1-8H3/t24-,25+,26+/m0/s1. The first-order valence-corrected chi connectivity index (χ1v) is 19.8. The molecule has 0 N–H and O–H groups in total. The summed E-state index contributed by atoms with van der Waals surface area (Å²) in [7, 11) is -5.42. The summed E-state index contributed by atoms with van der Waals surface area (Å²) in [4.78, 5) is 13.6. The Balaban J connectivity index is 1.69. The molecule has 7 nitrogen and oxygen atoms in total. The molecule has 2 saturated heterocycles. The number of nitrogens with zero attached hydrogens (tertiary/aromatic N) is 1. The van der Waals surface area contributed by atoms with Crippen LogP contribution in [0.5, 0.6) is 5.75 Å². The molecule has 2 aliphatic heterocycles. The molecule has 0 amide bonds. The maximum atomic E-state index is 13.6. The second kappa shape index (κ2) is 11.8. The molecule has 3 atom stereocenters. The molecule has 0 bridgehead atoms. The van der Waals surface area contributed by atoms with Crippen LogP contribution in [-0.4, -0.2) is 40.5 Å². The van der Waals surface area contributed by atoms with Gasteiger partial charge < -0.3 is 22.8 Å². The third kappa shape index (κ3) is 5.59. The molecule has 4 rings (SSSR count). The van der Waals surface area contributed by atoms with Crippen LogP contribution in [0.15, 0.2) is 47.4 Å². The average molecular weight is 672 g/mol. The fraction of sp³-hybridized carbons (Fsp3) is 0.607. The zero-order chi connectivity index (χ0) is 27.8. The van der Waals surface area contributed by atoms with Crippen LogP contribution in [-0.2, 0) is 17.7 Å². The molecule has 0 radical (unpaired) electrons. The quantitative estimate of drug-likeness (QED) is 0.332. The lowest BCUT2D eigenvalue weighted by Crippen LogP contribution is -3.62. The Labute approximate surface area is 239 Å². The van der Waals surface area contributed by atoms with E-state index in [1.807, 2.05) is 30.3 Å². The van der Waals surface area contributed by atoms with Crippen molar-refractivity contribution in [3.63, 3.8) is 0 Å². The van der Waals surface area contributed by atoms with Gasteiger partial charge in [0.1, 0.15) is 12.3 Å². The summed E-state index contributed by atoms with van der Waals surface area (Å²) in [5.41, 5.74) is 0.688. The van der Waals surface area contributed by atoms with Gasteiger partial charge in [0.25, 0.3) is 3.57 Å². The Kier molecular flexibility index (Phi) is 9.33. The number of benzene rings is 1. The molecule has 1 aromatic carbocycles. The first kappa shape index (κ1) is 29.9. The molecule has 2 aromatic rings. The molecule has 0 saturated carbocycles. The SMILES string of the molecule is CC(C)[Si]1(C(C)C)OC[C@H]2O[C@@H](n3ccc([O-])c([I+]c4ccccc4)c3=O)C[C@@H]2O[Si](C(C)C)(C(C)C)O1. The van der Waals surface area contributed by atoms with E-state index in [-0.39, 0.29) is 45.7 Å². The number of ether oxygens (including phenoxy) is 1. The van der Waals surface area contributed by atoms with Crippen molar-refractivity contribution >= 4 is 17.1 Å². The van der Waals surface area contributed by atoms with Crippen LogP contribution in [0.25, 0.3) is 0 Å². The largest absolute Gasteiger partial charge is 0.869 e. The van der Waals surface area contributed by atoms with Crippen LogP contribution in [0.1, 0.15) is 68.0 Å². The normalized spacial score (nSPS) is 25.1. The van der Waals surface area contributed by atoms with E-state index in [2.05, 4.69) is 55.4 Å². The van der Waals surface area contributed by atoms with Crippen molar-refractivity contribution in [1.82, 2.24) is 4.57 Å². The van der Waals surface area contributed by atoms with Gasteiger partial charge >= 0.3 is 43.9 Å². The highest BCUT2D eigenvalue weighted by atomic mass is 127. The third-order valence-electron chi connectivity index (χ3n) is 7.80. The van der Waals surface area contributed by atoms with Crippen LogP contribution in [0.2, 0.25) is 22.2 Å². The van der Waals surface area contributed by atoms with Crippen molar-refractivity contribution in [2.45, 2.75) is 102 Å². The molecule has 2 aliphatic rings. The van der Waals surface area contributed by atoms with Crippen molar-refractivity contribution in [2.24, 2.45) is 0 Å². The van der Waals surface area contributed by atoms with Crippen LogP contribution in [0.3, 0.4) is 0 Å². The third-order valence-corrected chi connectivity index (χ3v) is 21.0. The fourth-order valence-corrected chi connectivity index (χ4v) is 19.3. The number of pyridine rings is 1. The van der Waals surface area contributed by atoms with E-state index in [1.54, 1.807) is 10.8 Å². The van der Waals surface area contributed by atoms with Gasteiger partial charge in [0.15, 0.2) is 3.57 Å². The van der Waals surface area contributed by atoms with Gasteiger partial charge in [-0.3, -0.25) is 9.36 Å². The van der Waals surface area contributed by atoms with Gasteiger partial charge in [-0.25, -0.2) is 0 Å². The van der Waals surface area contributed by atoms with E-state index < -0.39 is 44.6 Å². The maximum Gasteiger partial charge on any atom is 0.363 e. The topological polar surface area (TPSA) is 82.0 Å². The Hall–Kier alpha value is -1.03. The maximum absolute atomic E-state index is 13.6. The molecule has 38 heavy (non-hydrogen) atoms. The molecule has 0 spiro atoms. The number of fused-ring (bicyclic) bond motifs is 1. The van der Waals surface area contributed by atoms with Crippen LogP contribution >= 0.6 is 0 Å². The highest BCUT2D eigenvalue weighted by molar-refractivity contribution is 6.83. The van der Waals surface area contributed by atoms with E-state index in [9.17, 15) is 9.90 Å². The summed E-state index contributed by atoms with van der Waals surface area (Å²) >= 11 is -0.900. The first-order chi connectivity index (χ1) is 17.9. The van der Waals surface area contributed by atoms with E-state index in [1.165, 1.54) is 6.07 Å². The zero-order valence-corrected chi connectivity index (χ0v) is 27.9. The fourth-order valence-electron chi connectivity index (χ4n) is 5.72. The molecular weight excluding hydrogens is 629 g/mol. The van der Waals surface area contributed by atoms with Gasteiger partial charge in [0.2, 0.25) is 0 Å². The van der Waals surface area contributed by atoms with Crippen molar-refractivity contribution in [1.29, 1.82) is 0 Å². The Morgan fingerprint density at radius 1 is 0.895 bits per heavy atom. The summed E-state index contributed by atoms with van der Waals surface area (Å²) in [6, 6.07) is 11.3. The summed E-state index contributed by atoms with van der Waals surface area (Å²) in [5.74, 6) is -0.199. The lowest BCUT2D eigenvalue weighted by molar-refractivity contribution is -0.605. The second-order valence-electron chi connectivity index (χ2n) is 11.6. The highest BCUT2D eigenvalue weighted by Gasteiger charge is 2.60. The van der Waals surface area contributed by atoms with E-state index >= 15 is 0 Å². The monoisotopic (exact) mass is 671 g/mol. The number of halogens is 1. The number of aromatic nitrogens is 1. The molecule has 1 aromatic heterocycles. The molecule has 0 aliphatic carbocycles. The average Bonchev–Trinajstić information content (AvgIpc) is 3.23. The molecule has 3 heterocycles. The van der Waals surface area contributed by atoms with E-state index in [0.717, 1.165) is 3.57 Å². The van der Waals surface area contributed by atoms with Crippen LogP contribution < -0.4 is 31.9 Å². The van der Waals surface area contributed by atoms with Gasteiger partial charge in [-0.05, 0) is 46.1 Å². The van der Waals surface area contributed by atoms with Crippen LogP contribution in [0, 0.1) is 7.14 Å². The number of rotatable bonds is 7. The summed E-state index contributed by atoms with van der Waals surface area (Å²) in [5, 5.41) is 12.7. The minimum Gasteiger partial charge on any atom is -0.869 e. The smallest absolute Gasteiger partial charge is 0.363 e. The Bertz CT molecular complexity index is 1140. The molecule has 0 unspecified atom stereocenters. The van der Waals surface area contributed by atoms with Gasteiger partial charge in [0.05, 0.1) is 12.7 Å². The molecule has 10 heteroatoms. The van der Waals surface area contributed by atoms with Crippen molar-refractivity contribution in [2.75, 3.05) is 6.61 Å². The van der Waals surface area contributed by atoms with E-state index in [0.29, 0.717) is 16.6 Å². The van der Waals surface area contributed by atoms with Crippen molar-refractivity contribution in [3.8, 4) is 5.75 Å². The summed E-state index contributed by atoms with van der Waals surface area (Å²) in [6.45, 7) is 18.0. The van der Waals surface area contributed by atoms with Gasteiger partial charge in [-0.1, -0.05) is 73.6 Å². The van der Waals surface area contributed by atoms with Crippen molar-refractivity contribution < 1.29 is 44.0 Å². The predicted molar refractivity (Wildman–Crippen MR) is 146 cm³/mol. The van der Waals surface area contributed by atoms with Crippen LogP contribution in [0.4, 0.5) is 0 Å². The lowest BCUT2D eigenvalue weighted by atomic mass is 10.2. The number of hydrogen-bond donors (Lipinski definition) is 0. The molecule has 210 valence electrons. The highest BCUT2D eigenvalue weighted by Crippen LogP contribution is 2.48. The van der Waals surface area contributed by atoms with Gasteiger partial charge in [-0.2, -0.15) is 0 Å². The predicted octanol–water partition coefficient (Wildman–Crippen LogP) is 2.29. The first-order valence-electron chi connectivity index (χ1n) is 13.7. The number of hydrogen-bond acceptors (Lipinski definition) is 6. The summed E-state index contributed by atoms with van der Waals surface area (Å²) < 4.78 is 30.7. The molecular formula is C28H42INO6Si2. The zero-order valence-electron chi connectivity index (χ0n) is 23.8. The second-order valence-corrected chi connectivity index (χ2v) is 23.3. The van der Waals surface area contributed by atoms with Gasteiger partial charge in [0, 0.05) is 12.6 Å². The van der Waals surface area contributed by atoms with Crippen molar-refractivity contribution in [3.05, 3.63) is 60.1 Å². The minimum absolute atomic E-state index is 0.199. The van der Waals surface area contributed by atoms with Gasteiger partial charge in [-0.15, -0.1) is 0 Å². The Morgan fingerprint density at radius 2 is 1.50 bits per heavy atom. The molecule has 2 fully saturated rings. The Morgan fingerprint density at radius 3 is 2.08 bits per heavy atom. The minimum atomic E-state index is -2.76. The lowest BCUT2D eigenvalue weighted by Gasteiger charge is -2.51. The summed E-state index contributed by atoms with van der Waals surface area (Å²) in [6.07, 6.45) is 1.04. The van der Waals surface area contributed by atoms with E-state index in [4.69, 9.17) is 17.7 Å².